The Bertz CT molecular complexity index is 1280. The maximum absolute atomic E-state index is 13.9. The Kier molecular flexibility index (Phi) is 4.32. The summed E-state index contributed by atoms with van der Waals surface area (Å²) in [6.45, 7) is 1.84. The number of aromatic nitrogens is 3. The lowest BCUT2D eigenvalue weighted by Crippen LogP contribution is -2.23. The van der Waals surface area contributed by atoms with Crippen molar-refractivity contribution in [1.29, 1.82) is 0 Å². The third kappa shape index (κ3) is 3.17. The molecule has 6 heteroatoms. The standard InChI is InChI=1S/C23H25FN4O/c1-26-21-7-5-18(24)12-22(21)28(23(26)29)14-19-11-17-10-16(13-25)4-6-20(17)27(19)9-8-15-2-3-15/h4-7,10-12,15H,2-3,8-9,13-14,25H2,1H3. The van der Waals surface area contributed by atoms with Crippen molar-refractivity contribution in [3.63, 3.8) is 0 Å². The lowest BCUT2D eigenvalue weighted by molar-refractivity contribution is 0.579. The molecule has 0 unspecified atom stereocenters. The smallest absolute Gasteiger partial charge is 0.329 e. The Morgan fingerprint density at radius 2 is 1.83 bits per heavy atom. The van der Waals surface area contributed by atoms with E-state index in [1.165, 1.54) is 25.0 Å². The molecule has 0 saturated heterocycles. The van der Waals surface area contributed by atoms with Crippen molar-refractivity contribution >= 4 is 21.9 Å². The number of benzene rings is 2. The van der Waals surface area contributed by atoms with Gasteiger partial charge in [0.25, 0.3) is 0 Å². The largest absolute Gasteiger partial charge is 0.343 e. The van der Waals surface area contributed by atoms with E-state index >= 15 is 0 Å². The Labute approximate surface area is 168 Å². The predicted octanol–water partition coefficient (Wildman–Crippen LogP) is 3.74. The highest BCUT2D eigenvalue weighted by Gasteiger charge is 2.22. The zero-order valence-corrected chi connectivity index (χ0v) is 16.6. The van der Waals surface area contributed by atoms with E-state index in [9.17, 15) is 9.18 Å². The van der Waals surface area contributed by atoms with Crippen LogP contribution in [-0.4, -0.2) is 13.7 Å². The molecule has 4 aromatic rings. The third-order valence-corrected chi connectivity index (χ3v) is 6.17. The molecule has 5 rings (SSSR count). The van der Waals surface area contributed by atoms with Gasteiger partial charge in [-0.3, -0.25) is 9.13 Å². The number of hydrogen-bond acceptors (Lipinski definition) is 2. The van der Waals surface area contributed by atoms with Gasteiger partial charge in [-0.05, 0) is 54.3 Å². The fraction of sp³-hybridized carbons (Fsp3) is 0.348. The van der Waals surface area contributed by atoms with Crippen LogP contribution in [0.3, 0.4) is 0 Å². The van der Waals surface area contributed by atoms with Crippen LogP contribution in [0.2, 0.25) is 0 Å². The minimum Gasteiger partial charge on any atom is -0.343 e. The molecule has 0 bridgehead atoms. The number of fused-ring (bicyclic) bond motifs is 2. The molecule has 1 fully saturated rings. The van der Waals surface area contributed by atoms with Gasteiger partial charge in [0.05, 0.1) is 17.6 Å². The predicted molar refractivity (Wildman–Crippen MR) is 113 cm³/mol. The molecule has 2 N–H and O–H groups in total. The number of hydrogen-bond donors (Lipinski definition) is 1. The van der Waals surface area contributed by atoms with Gasteiger partial charge in [0.1, 0.15) is 5.82 Å². The number of aryl methyl sites for hydroxylation is 2. The minimum absolute atomic E-state index is 0.132. The van der Waals surface area contributed by atoms with E-state index in [1.54, 1.807) is 22.2 Å². The Balaban J connectivity index is 1.63. The van der Waals surface area contributed by atoms with Crippen LogP contribution in [0.15, 0.2) is 47.3 Å². The van der Waals surface area contributed by atoms with Crippen molar-refractivity contribution in [2.75, 3.05) is 0 Å². The molecule has 0 atom stereocenters. The van der Waals surface area contributed by atoms with Crippen LogP contribution in [0, 0.1) is 11.7 Å². The fourth-order valence-electron chi connectivity index (χ4n) is 4.32. The summed E-state index contributed by atoms with van der Waals surface area (Å²) in [6.07, 6.45) is 3.77. The van der Waals surface area contributed by atoms with Gasteiger partial charge in [-0.2, -0.15) is 0 Å². The zero-order valence-electron chi connectivity index (χ0n) is 16.6. The monoisotopic (exact) mass is 392 g/mol. The molecule has 2 aromatic carbocycles. The van der Waals surface area contributed by atoms with Crippen LogP contribution >= 0.6 is 0 Å². The molecule has 0 aliphatic heterocycles. The first kappa shape index (κ1) is 18.2. The van der Waals surface area contributed by atoms with Crippen molar-refractivity contribution in [3.05, 3.63) is 70.0 Å². The van der Waals surface area contributed by atoms with Gasteiger partial charge in [-0.15, -0.1) is 0 Å². The number of imidazole rings is 1. The van der Waals surface area contributed by atoms with Crippen LogP contribution < -0.4 is 11.4 Å². The van der Waals surface area contributed by atoms with E-state index in [4.69, 9.17) is 5.73 Å². The number of nitrogens with two attached hydrogens (primary N) is 1. The van der Waals surface area contributed by atoms with E-state index in [0.29, 0.717) is 18.6 Å². The van der Waals surface area contributed by atoms with Gasteiger partial charge in [-0.1, -0.05) is 18.9 Å². The summed E-state index contributed by atoms with van der Waals surface area (Å²) in [5.74, 6) is 0.483. The van der Waals surface area contributed by atoms with Crippen LogP contribution in [0.25, 0.3) is 21.9 Å². The molecule has 150 valence electrons. The van der Waals surface area contributed by atoms with Crippen molar-refractivity contribution in [3.8, 4) is 0 Å². The number of nitrogens with zero attached hydrogens (tertiary/aromatic N) is 3. The molecular weight excluding hydrogens is 367 g/mol. The molecule has 5 nitrogen and oxygen atoms in total. The van der Waals surface area contributed by atoms with Crippen LogP contribution in [0.5, 0.6) is 0 Å². The summed E-state index contributed by atoms with van der Waals surface area (Å²) in [6, 6.07) is 13.0. The molecule has 1 aliphatic carbocycles. The maximum Gasteiger partial charge on any atom is 0.329 e. The summed E-state index contributed by atoms with van der Waals surface area (Å²) in [4.78, 5) is 12.9. The molecule has 29 heavy (non-hydrogen) atoms. The fourth-order valence-corrected chi connectivity index (χ4v) is 4.32. The summed E-state index contributed by atoms with van der Waals surface area (Å²) < 4.78 is 19.5. The Morgan fingerprint density at radius 1 is 1.03 bits per heavy atom. The summed E-state index contributed by atoms with van der Waals surface area (Å²) in [5, 5.41) is 1.14. The van der Waals surface area contributed by atoms with Gasteiger partial charge >= 0.3 is 5.69 Å². The van der Waals surface area contributed by atoms with E-state index in [2.05, 4.69) is 28.8 Å². The number of halogens is 1. The van der Waals surface area contributed by atoms with Crippen LogP contribution in [-0.2, 0) is 26.7 Å². The van der Waals surface area contributed by atoms with Crippen molar-refractivity contribution in [2.45, 2.75) is 38.9 Å². The lowest BCUT2D eigenvalue weighted by Gasteiger charge is -2.12. The van der Waals surface area contributed by atoms with Gasteiger partial charge in [0, 0.05) is 36.7 Å². The van der Waals surface area contributed by atoms with E-state index in [1.807, 2.05) is 0 Å². The van der Waals surface area contributed by atoms with Crippen molar-refractivity contribution in [2.24, 2.45) is 18.7 Å². The first-order valence-corrected chi connectivity index (χ1v) is 10.2. The van der Waals surface area contributed by atoms with Crippen molar-refractivity contribution in [1.82, 2.24) is 13.7 Å². The average Bonchev–Trinajstić information content (AvgIpc) is 3.45. The summed E-state index contributed by atoms with van der Waals surface area (Å²) in [7, 11) is 1.73. The highest BCUT2D eigenvalue weighted by molar-refractivity contribution is 5.82. The Hall–Kier alpha value is -2.86. The molecule has 0 radical (unpaired) electrons. The molecular formula is C23H25FN4O. The van der Waals surface area contributed by atoms with Gasteiger partial charge < -0.3 is 10.3 Å². The highest BCUT2D eigenvalue weighted by Crippen LogP contribution is 2.34. The second kappa shape index (κ2) is 6.88. The average molecular weight is 392 g/mol. The highest BCUT2D eigenvalue weighted by atomic mass is 19.1. The van der Waals surface area contributed by atoms with Gasteiger partial charge in [0.2, 0.25) is 0 Å². The first-order valence-electron chi connectivity index (χ1n) is 10.2. The van der Waals surface area contributed by atoms with E-state index < -0.39 is 0 Å². The summed E-state index contributed by atoms with van der Waals surface area (Å²) >= 11 is 0. The number of rotatable bonds is 6. The van der Waals surface area contributed by atoms with Gasteiger partial charge in [-0.25, -0.2) is 9.18 Å². The minimum atomic E-state index is -0.335. The molecule has 2 aromatic heterocycles. The molecule has 0 spiro atoms. The second-order valence-electron chi connectivity index (χ2n) is 8.18. The topological polar surface area (TPSA) is 57.9 Å². The zero-order chi connectivity index (χ0) is 20.1. The maximum atomic E-state index is 13.9. The second-order valence-corrected chi connectivity index (χ2v) is 8.18. The third-order valence-electron chi connectivity index (χ3n) is 6.17. The molecule has 0 amide bonds. The quantitative estimate of drug-likeness (QED) is 0.543. The van der Waals surface area contributed by atoms with Crippen molar-refractivity contribution < 1.29 is 4.39 Å². The molecule has 1 aliphatic rings. The molecule has 2 heterocycles. The van der Waals surface area contributed by atoms with Crippen LogP contribution in [0.4, 0.5) is 4.39 Å². The van der Waals surface area contributed by atoms with E-state index in [0.717, 1.165) is 46.6 Å². The normalized spacial score (nSPS) is 14.3. The van der Waals surface area contributed by atoms with Gasteiger partial charge in [0.15, 0.2) is 0 Å². The van der Waals surface area contributed by atoms with E-state index in [-0.39, 0.29) is 11.5 Å². The lowest BCUT2D eigenvalue weighted by atomic mass is 10.1. The SMILES string of the molecule is Cn1c(=O)n(Cc2cc3cc(CN)ccc3n2CCC2CC2)c2cc(F)ccc21. The summed E-state index contributed by atoms with van der Waals surface area (Å²) in [5.41, 5.74) is 10.4. The van der Waals surface area contributed by atoms with Crippen LogP contribution in [0.1, 0.15) is 30.5 Å². The Morgan fingerprint density at radius 3 is 2.59 bits per heavy atom. The first-order chi connectivity index (χ1) is 14.0. The molecule has 1 saturated carbocycles.